The zero-order valence-corrected chi connectivity index (χ0v) is 13.1. The molecular weight excluding hydrogens is 322 g/mol. The predicted molar refractivity (Wildman–Crippen MR) is 87.9 cm³/mol. The third-order valence-electron chi connectivity index (χ3n) is 3.98. The van der Waals surface area contributed by atoms with Gasteiger partial charge in [-0.2, -0.15) is 0 Å². The second kappa shape index (κ2) is 7.06. The Hall–Kier alpha value is -1.98. The second-order valence-corrected chi connectivity index (χ2v) is 5.46. The number of carbonyl (C=O) groups excluding carboxylic acids is 1. The van der Waals surface area contributed by atoms with Gasteiger partial charge in [0.15, 0.2) is 11.6 Å². The van der Waals surface area contributed by atoms with Crippen molar-refractivity contribution in [3.8, 4) is 0 Å². The number of nitrogens with two attached hydrogens (primary N) is 1. The zero-order chi connectivity index (χ0) is 15.7. The lowest BCUT2D eigenvalue weighted by Crippen LogP contribution is -2.22. The molecular formula is C17H17ClF2N2O. The summed E-state index contributed by atoms with van der Waals surface area (Å²) in [5.41, 5.74) is 8.78. The van der Waals surface area contributed by atoms with Gasteiger partial charge >= 0.3 is 0 Å². The highest BCUT2D eigenvalue weighted by atomic mass is 35.5. The molecule has 0 fully saturated rings. The molecule has 2 aromatic rings. The van der Waals surface area contributed by atoms with Crippen molar-refractivity contribution in [3.05, 3.63) is 64.7 Å². The van der Waals surface area contributed by atoms with Gasteiger partial charge in [0.25, 0.3) is 5.91 Å². The lowest BCUT2D eigenvalue weighted by atomic mass is 9.85. The van der Waals surface area contributed by atoms with E-state index in [4.69, 9.17) is 5.73 Å². The van der Waals surface area contributed by atoms with Gasteiger partial charge in [0.1, 0.15) is 0 Å². The Kier molecular flexibility index (Phi) is 5.34. The summed E-state index contributed by atoms with van der Waals surface area (Å²) >= 11 is 0. The van der Waals surface area contributed by atoms with Gasteiger partial charge in [-0.1, -0.05) is 12.1 Å². The third kappa shape index (κ3) is 3.51. The number of nitrogens with one attached hydrogen (secondary N) is 1. The van der Waals surface area contributed by atoms with Gasteiger partial charge in [0, 0.05) is 23.4 Å². The van der Waals surface area contributed by atoms with E-state index in [9.17, 15) is 13.6 Å². The van der Waals surface area contributed by atoms with Crippen LogP contribution in [0.2, 0.25) is 0 Å². The molecule has 2 aromatic carbocycles. The van der Waals surface area contributed by atoms with E-state index in [0.29, 0.717) is 5.56 Å². The van der Waals surface area contributed by atoms with Crippen molar-refractivity contribution in [2.75, 3.05) is 5.32 Å². The molecule has 6 heteroatoms. The number of carbonyl (C=O) groups is 1. The molecule has 23 heavy (non-hydrogen) atoms. The third-order valence-corrected chi connectivity index (χ3v) is 3.98. The monoisotopic (exact) mass is 338 g/mol. The minimum atomic E-state index is -0.991. The maximum atomic E-state index is 13.2. The van der Waals surface area contributed by atoms with Gasteiger partial charge in [-0.3, -0.25) is 4.79 Å². The summed E-state index contributed by atoms with van der Waals surface area (Å²) in [5, 5.41) is 2.60. The highest BCUT2D eigenvalue weighted by Gasteiger charge is 2.22. The Morgan fingerprint density at radius 3 is 2.70 bits per heavy atom. The summed E-state index contributed by atoms with van der Waals surface area (Å²) in [6, 6.07) is 8.69. The Bertz CT molecular complexity index is 737. The first-order chi connectivity index (χ1) is 10.6. The van der Waals surface area contributed by atoms with Gasteiger partial charge in [0.2, 0.25) is 0 Å². The van der Waals surface area contributed by atoms with Crippen LogP contribution in [0.5, 0.6) is 0 Å². The van der Waals surface area contributed by atoms with Gasteiger partial charge in [-0.25, -0.2) is 8.78 Å². The van der Waals surface area contributed by atoms with Crippen molar-refractivity contribution in [1.29, 1.82) is 0 Å². The second-order valence-electron chi connectivity index (χ2n) is 5.46. The van der Waals surface area contributed by atoms with Gasteiger partial charge < -0.3 is 11.1 Å². The number of hydrogen-bond donors (Lipinski definition) is 2. The number of benzene rings is 2. The van der Waals surface area contributed by atoms with Crippen LogP contribution in [0.15, 0.2) is 36.4 Å². The summed E-state index contributed by atoms with van der Waals surface area (Å²) in [6.07, 6.45) is 2.63. The van der Waals surface area contributed by atoms with Crippen LogP contribution in [0, 0.1) is 11.6 Å². The molecule has 0 bridgehead atoms. The average molecular weight is 339 g/mol. The van der Waals surface area contributed by atoms with Crippen molar-refractivity contribution >= 4 is 24.0 Å². The van der Waals surface area contributed by atoms with Crippen LogP contribution in [-0.4, -0.2) is 5.91 Å². The van der Waals surface area contributed by atoms with Crippen molar-refractivity contribution in [1.82, 2.24) is 0 Å². The quantitative estimate of drug-likeness (QED) is 0.870. The van der Waals surface area contributed by atoms with Crippen LogP contribution in [0.3, 0.4) is 0 Å². The van der Waals surface area contributed by atoms with Gasteiger partial charge in [0.05, 0.1) is 0 Å². The van der Waals surface area contributed by atoms with Crippen LogP contribution < -0.4 is 11.1 Å². The van der Waals surface area contributed by atoms with E-state index in [1.807, 2.05) is 6.07 Å². The minimum Gasteiger partial charge on any atom is -0.324 e. The number of anilines is 1. The maximum absolute atomic E-state index is 13.2. The molecule has 3 nitrogen and oxygen atoms in total. The number of halogens is 3. The molecule has 0 heterocycles. The number of amides is 1. The van der Waals surface area contributed by atoms with Crippen molar-refractivity contribution in [3.63, 3.8) is 0 Å². The number of hydrogen-bond acceptors (Lipinski definition) is 2. The van der Waals surface area contributed by atoms with E-state index in [1.165, 1.54) is 6.07 Å². The highest BCUT2D eigenvalue weighted by molar-refractivity contribution is 6.05. The van der Waals surface area contributed by atoms with Crippen LogP contribution >= 0.6 is 12.4 Å². The standard InChI is InChI=1S/C17H16F2N2O.ClH/c18-14-8-7-10(9-15(14)19)21-17(22)13-5-1-4-12-11(13)3-2-6-16(12)20;/h1,4-5,7-9,16H,2-3,6,20H2,(H,21,22);1H. The molecule has 0 saturated carbocycles. The van der Waals surface area contributed by atoms with E-state index in [1.54, 1.807) is 12.1 Å². The Balaban J connectivity index is 0.00000192. The normalized spacial score (nSPS) is 16.2. The smallest absolute Gasteiger partial charge is 0.255 e. The van der Waals surface area contributed by atoms with Crippen molar-refractivity contribution in [2.45, 2.75) is 25.3 Å². The first-order valence-corrected chi connectivity index (χ1v) is 7.20. The molecule has 0 saturated heterocycles. The fourth-order valence-electron chi connectivity index (χ4n) is 2.87. The zero-order valence-electron chi connectivity index (χ0n) is 12.3. The Morgan fingerprint density at radius 1 is 1.17 bits per heavy atom. The van der Waals surface area contributed by atoms with E-state index in [2.05, 4.69) is 5.32 Å². The molecule has 1 aliphatic carbocycles. The summed E-state index contributed by atoms with van der Waals surface area (Å²) in [6.45, 7) is 0. The highest BCUT2D eigenvalue weighted by Crippen LogP contribution is 2.30. The lowest BCUT2D eigenvalue weighted by molar-refractivity contribution is 0.102. The van der Waals surface area contributed by atoms with Gasteiger partial charge in [-0.05, 0) is 48.6 Å². The summed E-state index contributed by atoms with van der Waals surface area (Å²) in [4.78, 5) is 12.4. The molecule has 0 radical (unpaired) electrons. The Morgan fingerprint density at radius 2 is 1.96 bits per heavy atom. The van der Waals surface area contributed by atoms with Crippen LogP contribution in [-0.2, 0) is 6.42 Å². The van der Waals surface area contributed by atoms with Crippen molar-refractivity contribution in [2.24, 2.45) is 5.73 Å². The molecule has 1 unspecified atom stereocenters. The van der Waals surface area contributed by atoms with Crippen LogP contribution in [0.1, 0.15) is 40.4 Å². The summed E-state index contributed by atoms with van der Waals surface area (Å²) in [5.74, 6) is -2.27. The van der Waals surface area contributed by atoms with E-state index in [-0.39, 0.29) is 30.0 Å². The molecule has 1 amide bonds. The van der Waals surface area contributed by atoms with Crippen LogP contribution in [0.25, 0.3) is 0 Å². The molecule has 122 valence electrons. The minimum absolute atomic E-state index is 0. The fraction of sp³-hybridized carbons (Fsp3) is 0.235. The molecule has 0 aromatic heterocycles. The van der Waals surface area contributed by atoms with Crippen LogP contribution in [0.4, 0.5) is 14.5 Å². The van der Waals surface area contributed by atoms with E-state index >= 15 is 0 Å². The predicted octanol–water partition coefficient (Wildman–Crippen LogP) is 3.98. The Labute approximate surface area is 139 Å². The van der Waals surface area contributed by atoms with E-state index < -0.39 is 11.6 Å². The largest absolute Gasteiger partial charge is 0.324 e. The first kappa shape index (κ1) is 17.4. The molecule has 1 atom stereocenters. The summed E-state index contributed by atoms with van der Waals surface area (Å²) < 4.78 is 26.1. The molecule has 3 rings (SSSR count). The first-order valence-electron chi connectivity index (χ1n) is 7.20. The molecule has 0 aliphatic heterocycles. The molecule has 3 N–H and O–H groups in total. The van der Waals surface area contributed by atoms with E-state index in [0.717, 1.165) is 42.5 Å². The molecule has 0 spiro atoms. The SMILES string of the molecule is Cl.NC1CCCc2c(C(=O)Nc3ccc(F)c(F)c3)cccc21. The summed E-state index contributed by atoms with van der Waals surface area (Å²) in [7, 11) is 0. The topological polar surface area (TPSA) is 55.1 Å². The number of rotatable bonds is 2. The molecule has 1 aliphatic rings. The number of fused-ring (bicyclic) bond motifs is 1. The van der Waals surface area contributed by atoms with Gasteiger partial charge in [-0.15, -0.1) is 12.4 Å². The lowest BCUT2D eigenvalue weighted by Gasteiger charge is -2.24. The fourth-order valence-corrected chi connectivity index (χ4v) is 2.87. The maximum Gasteiger partial charge on any atom is 0.255 e. The van der Waals surface area contributed by atoms with Crippen molar-refractivity contribution < 1.29 is 13.6 Å². The average Bonchev–Trinajstić information content (AvgIpc) is 2.51.